The molecule has 22 heavy (non-hydrogen) atoms. The molecule has 0 aliphatic carbocycles. The fourth-order valence-electron chi connectivity index (χ4n) is 3.07. The van der Waals surface area contributed by atoms with E-state index in [-0.39, 0.29) is 16.8 Å². The van der Waals surface area contributed by atoms with Gasteiger partial charge in [-0.25, -0.2) is 0 Å². The minimum atomic E-state index is -0.358. The Morgan fingerprint density at radius 3 is 2.36 bits per heavy atom. The zero-order valence-corrected chi connectivity index (χ0v) is 12.6. The van der Waals surface area contributed by atoms with Crippen molar-refractivity contribution in [2.45, 2.75) is 12.6 Å². The first-order valence-corrected chi connectivity index (χ1v) is 7.43. The largest absolute Gasteiger partial charge is 0.352 e. The molecule has 1 saturated heterocycles. The second kappa shape index (κ2) is 6.15. The summed E-state index contributed by atoms with van der Waals surface area (Å²) in [4.78, 5) is 15.1. The van der Waals surface area contributed by atoms with Crippen molar-refractivity contribution in [2.75, 3.05) is 25.0 Å². The monoisotopic (exact) mass is 297 g/mol. The van der Waals surface area contributed by atoms with E-state index in [1.54, 1.807) is 12.1 Å². The maximum absolute atomic E-state index is 10.8. The normalized spacial score (nSPS) is 19.1. The summed E-state index contributed by atoms with van der Waals surface area (Å²) in [5.74, 6) is 0. The summed E-state index contributed by atoms with van der Waals surface area (Å²) in [6.45, 7) is 2.00. The average molecular weight is 297 g/mol. The molecule has 0 saturated carbocycles. The van der Waals surface area contributed by atoms with E-state index < -0.39 is 0 Å². The van der Waals surface area contributed by atoms with E-state index in [1.165, 1.54) is 5.69 Å². The molecule has 3 rings (SSSR count). The van der Waals surface area contributed by atoms with Crippen molar-refractivity contribution in [3.63, 3.8) is 0 Å². The Kier molecular flexibility index (Phi) is 4.06. The van der Waals surface area contributed by atoms with Crippen molar-refractivity contribution in [2.24, 2.45) is 0 Å². The minimum Gasteiger partial charge on any atom is -0.352 e. The van der Waals surface area contributed by atoms with Gasteiger partial charge in [0.1, 0.15) is 6.17 Å². The number of nitro benzene ring substituents is 1. The van der Waals surface area contributed by atoms with Crippen molar-refractivity contribution >= 4 is 11.4 Å². The third-order valence-electron chi connectivity index (χ3n) is 4.11. The number of non-ortho nitro benzene ring substituents is 1. The van der Waals surface area contributed by atoms with E-state index in [1.807, 2.05) is 30.3 Å². The highest BCUT2D eigenvalue weighted by molar-refractivity contribution is 5.49. The maximum Gasteiger partial charge on any atom is 0.269 e. The van der Waals surface area contributed by atoms with Crippen molar-refractivity contribution in [3.05, 3.63) is 70.3 Å². The van der Waals surface area contributed by atoms with Crippen molar-refractivity contribution in [1.82, 2.24) is 4.90 Å². The number of nitro groups is 1. The molecule has 1 heterocycles. The summed E-state index contributed by atoms with van der Waals surface area (Å²) < 4.78 is 0. The lowest BCUT2D eigenvalue weighted by Crippen LogP contribution is -2.46. The number of nitrogens with zero attached hydrogens (tertiary/aromatic N) is 3. The van der Waals surface area contributed by atoms with Crippen LogP contribution in [0.1, 0.15) is 18.2 Å². The van der Waals surface area contributed by atoms with E-state index in [2.05, 4.69) is 29.0 Å². The highest BCUT2D eigenvalue weighted by atomic mass is 16.6. The molecular weight excluding hydrogens is 278 g/mol. The summed E-state index contributed by atoms with van der Waals surface area (Å²) in [5, 5.41) is 10.8. The summed E-state index contributed by atoms with van der Waals surface area (Å²) >= 11 is 0. The summed E-state index contributed by atoms with van der Waals surface area (Å²) in [6, 6.07) is 17.2. The molecule has 1 aliphatic rings. The van der Waals surface area contributed by atoms with Gasteiger partial charge in [-0.3, -0.25) is 15.0 Å². The highest BCUT2D eigenvalue weighted by Crippen LogP contribution is 2.33. The molecule has 2 aromatic carbocycles. The first-order valence-electron chi connectivity index (χ1n) is 7.43. The van der Waals surface area contributed by atoms with E-state index in [0.717, 1.165) is 25.1 Å². The van der Waals surface area contributed by atoms with Crippen LogP contribution in [0.5, 0.6) is 0 Å². The second-order valence-corrected chi connectivity index (χ2v) is 5.59. The van der Waals surface area contributed by atoms with Gasteiger partial charge in [0.25, 0.3) is 5.69 Å². The van der Waals surface area contributed by atoms with Crippen LogP contribution in [0.3, 0.4) is 0 Å². The molecule has 5 heteroatoms. The first kappa shape index (κ1) is 14.5. The molecule has 0 N–H and O–H groups in total. The van der Waals surface area contributed by atoms with Crippen molar-refractivity contribution < 1.29 is 4.92 Å². The topological polar surface area (TPSA) is 49.6 Å². The third-order valence-corrected chi connectivity index (χ3v) is 4.11. The van der Waals surface area contributed by atoms with Crippen molar-refractivity contribution in [3.8, 4) is 0 Å². The number of hydrogen-bond donors (Lipinski definition) is 0. The smallest absolute Gasteiger partial charge is 0.269 e. The van der Waals surface area contributed by atoms with Crippen LogP contribution in [0.4, 0.5) is 11.4 Å². The lowest BCUT2D eigenvalue weighted by molar-refractivity contribution is -0.384. The van der Waals surface area contributed by atoms with Gasteiger partial charge in [-0.2, -0.15) is 0 Å². The van der Waals surface area contributed by atoms with Gasteiger partial charge in [-0.1, -0.05) is 18.2 Å². The third kappa shape index (κ3) is 2.80. The lowest BCUT2D eigenvalue weighted by atomic mass is 10.1. The Labute approximate surface area is 129 Å². The van der Waals surface area contributed by atoms with Crippen LogP contribution in [0.25, 0.3) is 0 Å². The Balaban J connectivity index is 1.94. The van der Waals surface area contributed by atoms with Gasteiger partial charge in [-0.15, -0.1) is 0 Å². The molecule has 0 aromatic heterocycles. The molecule has 0 amide bonds. The molecular formula is C17H19N3O2. The van der Waals surface area contributed by atoms with Gasteiger partial charge in [-0.05, 0) is 43.3 Å². The first-order chi connectivity index (χ1) is 10.7. The number of rotatable bonds is 3. The van der Waals surface area contributed by atoms with Gasteiger partial charge in [0, 0.05) is 30.9 Å². The predicted molar refractivity (Wildman–Crippen MR) is 86.9 cm³/mol. The van der Waals surface area contributed by atoms with E-state index >= 15 is 0 Å². The Bertz CT molecular complexity index is 643. The summed E-state index contributed by atoms with van der Waals surface area (Å²) in [7, 11) is 2.10. The fourth-order valence-corrected chi connectivity index (χ4v) is 3.07. The molecule has 0 radical (unpaired) electrons. The number of anilines is 1. The second-order valence-electron chi connectivity index (χ2n) is 5.59. The molecule has 1 fully saturated rings. The van der Waals surface area contributed by atoms with Crippen LogP contribution in [0, 0.1) is 10.1 Å². The number of benzene rings is 2. The molecule has 1 atom stereocenters. The average Bonchev–Trinajstić information content (AvgIpc) is 2.55. The van der Waals surface area contributed by atoms with E-state index in [9.17, 15) is 10.1 Å². The maximum atomic E-state index is 10.8. The van der Waals surface area contributed by atoms with Crippen LogP contribution in [0.2, 0.25) is 0 Å². The molecule has 1 unspecified atom stereocenters. The van der Waals surface area contributed by atoms with E-state index in [4.69, 9.17) is 0 Å². The zero-order valence-electron chi connectivity index (χ0n) is 12.6. The lowest BCUT2D eigenvalue weighted by Gasteiger charge is -2.43. The van der Waals surface area contributed by atoms with Gasteiger partial charge in [0.15, 0.2) is 0 Å². The molecule has 2 aromatic rings. The van der Waals surface area contributed by atoms with Crippen LogP contribution in [-0.4, -0.2) is 30.0 Å². The summed E-state index contributed by atoms with van der Waals surface area (Å²) in [5.41, 5.74) is 2.39. The molecule has 0 spiro atoms. The number of hydrogen-bond acceptors (Lipinski definition) is 4. The predicted octanol–water partition coefficient (Wildman–Crippen LogP) is 3.44. The van der Waals surface area contributed by atoms with Crippen LogP contribution >= 0.6 is 0 Å². The van der Waals surface area contributed by atoms with Gasteiger partial charge in [0.2, 0.25) is 0 Å². The van der Waals surface area contributed by atoms with Gasteiger partial charge >= 0.3 is 0 Å². The SMILES string of the molecule is CN1CCCN(c2ccccc2)C1c1ccc([N+](=O)[O-])cc1. The molecule has 0 bridgehead atoms. The Morgan fingerprint density at radius 2 is 1.73 bits per heavy atom. The summed E-state index contributed by atoms with van der Waals surface area (Å²) in [6.07, 6.45) is 1.21. The zero-order chi connectivity index (χ0) is 15.5. The fraction of sp³-hybridized carbons (Fsp3) is 0.294. The molecule has 114 valence electrons. The molecule has 5 nitrogen and oxygen atoms in total. The van der Waals surface area contributed by atoms with Crippen molar-refractivity contribution in [1.29, 1.82) is 0 Å². The molecule has 1 aliphatic heterocycles. The highest BCUT2D eigenvalue weighted by Gasteiger charge is 2.28. The van der Waals surface area contributed by atoms with Gasteiger partial charge in [0.05, 0.1) is 4.92 Å². The quantitative estimate of drug-likeness (QED) is 0.643. The number of para-hydroxylation sites is 1. The van der Waals surface area contributed by atoms with E-state index in [0.29, 0.717) is 0 Å². The Morgan fingerprint density at radius 1 is 1.05 bits per heavy atom. The van der Waals surface area contributed by atoms with Crippen LogP contribution in [-0.2, 0) is 0 Å². The Hall–Kier alpha value is -2.40. The minimum absolute atomic E-state index is 0.108. The standard InChI is InChI=1S/C17H19N3O2/c1-18-12-5-13-19(15-6-3-2-4-7-15)17(18)14-8-10-16(11-9-14)20(21)22/h2-4,6-11,17H,5,12-13H2,1H3. The van der Waals surface area contributed by atoms with Gasteiger partial charge < -0.3 is 4.90 Å². The van der Waals surface area contributed by atoms with Crippen LogP contribution < -0.4 is 4.90 Å². The van der Waals surface area contributed by atoms with Crippen LogP contribution in [0.15, 0.2) is 54.6 Å².